The van der Waals surface area contributed by atoms with E-state index in [1.165, 1.54) is 0 Å². The topological polar surface area (TPSA) is 78.0 Å². The summed E-state index contributed by atoms with van der Waals surface area (Å²) in [6.07, 6.45) is 7.35. The van der Waals surface area contributed by atoms with Crippen LogP contribution in [0.2, 0.25) is 0 Å². The molecule has 0 saturated heterocycles. The van der Waals surface area contributed by atoms with Crippen molar-refractivity contribution in [1.82, 2.24) is 9.88 Å². The molecule has 0 saturated carbocycles. The number of methoxy groups -OCH3 is 1. The second-order valence-electron chi connectivity index (χ2n) is 6.43. The lowest BCUT2D eigenvalue weighted by Gasteiger charge is -2.23. The first kappa shape index (κ1) is 22.9. The van der Waals surface area contributed by atoms with E-state index in [0.717, 1.165) is 11.1 Å². The highest BCUT2D eigenvalue weighted by molar-refractivity contribution is 5.79. The molecule has 7 nitrogen and oxygen atoms in total. The number of esters is 1. The monoisotopic (exact) mass is 412 g/mol. The Morgan fingerprint density at radius 1 is 1.20 bits per heavy atom. The van der Waals surface area contributed by atoms with Gasteiger partial charge in [0.1, 0.15) is 0 Å². The maximum atomic E-state index is 12.8. The number of carbonyl (C=O) groups excluding carboxylic acids is 2. The third-order valence-corrected chi connectivity index (χ3v) is 4.24. The van der Waals surface area contributed by atoms with Crippen molar-refractivity contribution in [3.63, 3.8) is 0 Å². The standard InChI is InChI=1S/C23H28N2O5/c1-4-7-18-9-10-20(21(14-18)28-3)30-17-22(26)25(13-11-23(27)29-5-2)16-19-8-6-12-24-15-19/h4,6-10,12,14-15H,5,11,13,16-17H2,1-3H3/b7-4+. The van der Waals surface area contributed by atoms with E-state index in [-0.39, 0.29) is 31.4 Å². The molecule has 0 radical (unpaired) electrons. The number of benzene rings is 1. The van der Waals surface area contributed by atoms with Gasteiger partial charge in [0.2, 0.25) is 0 Å². The van der Waals surface area contributed by atoms with Crippen LogP contribution < -0.4 is 9.47 Å². The van der Waals surface area contributed by atoms with E-state index in [9.17, 15) is 9.59 Å². The fraction of sp³-hybridized carbons (Fsp3) is 0.348. The van der Waals surface area contributed by atoms with Crippen molar-refractivity contribution in [1.29, 1.82) is 0 Å². The Morgan fingerprint density at radius 2 is 2.03 bits per heavy atom. The molecule has 0 aliphatic rings. The van der Waals surface area contributed by atoms with E-state index in [1.54, 1.807) is 43.5 Å². The largest absolute Gasteiger partial charge is 0.493 e. The predicted octanol–water partition coefficient (Wildman–Crippen LogP) is 3.48. The number of nitrogens with zero attached hydrogens (tertiary/aromatic N) is 2. The SMILES string of the molecule is C/C=C/c1ccc(OCC(=O)N(CCC(=O)OCC)Cc2cccnc2)c(OC)c1. The van der Waals surface area contributed by atoms with E-state index < -0.39 is 0 Å². The maximum absolute atomic E-state index is 12.8. The summed E-state index contributed by atoms with van der Waals surface area (Å²) < 4.78 is 16.1. The van der Waals surface area contributed by atoms with Crippen LogP contribution in [0.4, 0.5) is 0 Å². The van der Waals surface area contributed by atoms with Gasteiger partial charge in [0.05, 0.1) is 20.1 Å². The lowest BCUT2D eigenvalue weighted by molar-refractivity contribution is -0.144. The summed E-state index contributed by atoms with van der Waals surface area (Å²) in [6.45, 7) is 4.37. The molecule has 1 heterocycles. The van der Waals surface area contributed by atoms with Crippen LogP contribution in [0.25, 0.3) is 6.08 Å². The molecule has 0 fully saturated rings. The van der Waals surface area contributed by atoms with E-state index >= 15 is 0 Å². The van der Waals surface area contributed by atoms with Crippen molar-refractivity contribution in [2.45, 2.75) is 26.8 Å². The molecular weight excluding hydrogens is 384 g/mol. The second kappa shape index (κ2) is 12.3. The molecule has 0 spiro atoms. The zero-order valence-corrected chi connectivity index (χ0v) is 17.7. The Kier molecular flexibility index (Phi) is 9.37. The molecule has 0 unspecified atom stereocenters. The Labute approximate surface area is 177 Å². The molecule has 1 aromatic carbocycles. The Morgan fingerprint density at radius 3 is 2.70 bits per heavy atom. The van der Waals surface area contributed by atoms with E-state index in [2.05, 4.69) is 4.98 Å². The van der Waals surface area contributed by atoms with Gasteiger partial charge in [-0.15, -0.1) is 0 Å². The molecule has 2 aromatic rings. The summed E-state index contributed by atoms with van der Waals surface area (Å²) in [4.78, 5) is 30.2. The molecule has 0 atom stereocenters. The molecule has 2 rings (SSSR count). The van der Waals surface area contributed by atoms with Gasteiger partial charge in [-0.1, -0.05) is 24.3 Å². The number of allylic oxidation sites excluding steroid dienone is 1. The minimum Gasteiger partial charge on any atom is -0.493 e. The van der Waals surface area contributed by atoms with Gasteiger partial charge in [0.15, 0.2) is 18.1 Å². The van der Waals surface area contributed by atoms with E-state index in [4.69, 9.17) is 14.2 Å². The van der Waals surface area contributed by atoms with Crippen LogP contribution in [-0.2, 0) is 20.9 Å². The minimum absolute atomic E-state index is 0.112. The van der Waals surface area contributed by atoms with Crippen LogP contribution in [0.5, 0.6) is 11.5 Å². The van der Waals surface area contributed by atoms with E-state index in [1.807, 2.05) is 37.3 Å². The Bertz CT molecular complexity index is 852. The smallest absolute Gasteiger partial charge is 0.307 e. The van der Waals surface area contributed by atoms with Gasteiger partial charge < -0.3 is 19.1 Å². The first-order chi connectivity index (χ1) is 14.6. The van der Waals surface area contributed by atoms with Crippen molar-refractivity contribution in [2.75, 3.05) is 26.9 Å². The van der Waals surface area contributed by atoms with Crippen molar-refractivity contribution < 1.29 is 23.8 Å². The van der Waals surface area contributed by atoms with Crippen molar-refractivity contribution in [2.24, 2.45) is 0 Å². The van der Waals surface area contributed by atoms with Crippen LogP contribution in [0.15, 0.2) is 48.8 Å². The maximum Gasteiger partial charge on any atom is 0.307 e. The van der Waals surface area contributed by atoms with E-state index in [0.29, 0.717) is 24.7 Å². The normalized spacial score (nSPS) is 10.6. The zero-order valence-electron chi connectivity index (χ0n) is 17.7. The molecular formula is C23H28N2O5. The summed E-state index contributed by atoms with van der Waals surface area (Å²) in [6, 6.07) is 9.18. The van der Waals surface area contributed by atoms with Crippen LogP contribution >= 0.6 is 0 Å². The fourth-order valence-electron chi connectivity index (χ4n) is 2.79. The second-order valence-corrected chi connectivity index (χ2v) is 6.43. The lowest BCUT2D eigenvalue weighted by Crippen LogP contribution is -2.36. The average Bonchev–Trinajstić information content (AvgIpc) is 2.76. The van der Waals surface area contributed by atoms with Gasteiger partial charge in [0, 0.05) is 25.5 Å². The molecule has 160 valence electrons. The molecule has 0 aliphatic carbocycles. The lowest BCUT2D eigenvalue weighted by atomic mass is 10.2. The Balaban J connectivity index is 2.06. The quantitative estimate of drug-likeness (QED) is 0.526. The van der Waals surface area contributed by atoms with Gasteiger partial charge in [0.25, 0.3) is 5.91 Å². The summed E-state index contributed by atoms with van der Waals surface area (Å²) in [5, 5.41) is 0. The third kappa shape index (κ3) is 7.24. The number of pyridine rings is 1. The first-order valence-electron chi connectivity index (χ1n) is 9.83. The number of hydrogen-bond acceptors (Lipinski definition) is 6. The molecule has 1 aromatic heterocycles. The van der Waals surface area contributed by atoms with Crippen molar-refractivity contribution >= 4 is 18.0 Å². The molecule has 0 N–H and O–H groups in total. The summed E-state index contributed by atoms with van der Waals surface area (Å²) >= 11 is 0. The summed E-state index contributed by atoms with van der Waals surface area (Å²) in [5.41, 5.74) is 1.84. The molecule has 1 amide bonds. The number of amides is 1. The van der Waals surface area contributed by atoms with Gasteiger partial charge in [-0.05, 0) is 43.2 Å². The van der Waals surface area contributed by atoms with Gasteiger partial charge >= 0.3 is 5.97 Å². The Hall–Kier alpha value is -3.35. The fourth-order valence-corrected chi connectivity index (χ4v) is 2.79. The molecule has 30 heavy (non-hydrogen) atoms. The first-order valence-corrected chi connectivity index (χ1v) is 9.83. The van der Waals surface area contributed by atoms with Gasteiger partial charge in [-0.25, -0.2) is 0 Å². The zero-order chi connectivity index (χ0) is 21.8. The van der Waals surface area contributed by atoms with Crippen LogP contribution in [-0.4, -0.2) is 48.6 Å². The number of hydrogen-bond donors (Lipinski definition) is 0. The number of aromatic nitrogens is 1. The van der Waals surface area contributed by atoms with Crippen LogP contribution in [0.1, 0.15) is 31.4 Å². The number of ether oxygens (including phenoxy) is 3. The van der Waals surface area contributed by atoms with Gasteiger partial charge in [-0.3, -0.25) is 14.6 Å². The third-order valence-electron chi connectivity index (χ3n) is 4.24. The van der Waals surface area contributed by atoms with Crippen LogP contribution in [0, 0.1) is 0 Å². The molecule has 0 aliphatic heterocycles. The summed E-state index contributed by atoms with van der Waals surface area (Å²) in [7, 11) is 1.55. The number of rotatable bonds is 11. The number of carbonyl (C=O) groups is 2. The summed E-state index contributed by atoms with van der Waals surface area (Å²) in [5.74, 6) is 0.431. The minimum atomic E-state index is -0.344. The highest BCUT2D eigenvalue weighted by atomic mass is 16.5. The molecule has 7 heteroatoms. The van der Waals surface area contributed by atoms with Crippen molar-refractivity contribution in [3.8, 4) is 11.5 Å². The molecule has 0 bridgehead atoms. The highest BCUT2D eigenvalue weighted by Crippen LogP contribution is 2.28. The van der Waals surface area contributed by atoms with Gasteiger partial charge in [-0.2, -0.15) is 0 Å². The van der Waals surface area contributed by atoms with Crippen LogP contribution in [0.3, 0.4) is 0 Å². The highest BCUT2D eigenvalue weighted by Gasteiger charge is 2.18. The van der Waals surface area contributed by atoms with Crippen molar-refractivity contribution in [3.05, 3.63) is 59.9 Å². The predicted molar refractivity (Wildman–Crippen MR) is 114 cm³/mol. The average molecular weight is 412 g/mol.